The number of aromatic nitrogens is 2. The van der Waals surface area contributed by atoms with E-state index >= 15 is 0 Å². The minimum atomic E-state index is -1.03. The third-order valence-corrected chi connectivity index (χ3v) is 3.17. The Kier molecular flexibility index (Phi) is 4.51. The number of likely N-dealkylation sites (tertiary alicyclic amines) is 1. The summed E-state index contributed by atoms with van der Waals surface area (Å²) >= 11 is 0. The van der Waals surface area contributed by atoms with Gasteiger partial charge in [0.05, 0.1) is 6.10 Å². The number of methoxy groups -OCH3 is 1. The lowest BCUT2D eigenvalue weighted by Crippen LogP contribution is -2.46. The van der Waals surface area contributed by atoms with Crippen LogP contribution in [0, 0.1) is 0 Å². The van der Waals surface area contributed by atoms with Crippen LogP contribution < -0.4 is 5.32 Å². The van der Waals surface area contributed by atoms with Gasteiger partial charge in [-0.15, -0.1) is 0 Å². The molecule has 1 saturated heterocycles. The van der Waals surface area contributed by atoms with Gasteiger partial charge in [0.2, 0.25) is 6.39 Å². The number of carbonyl (C=O) groups is 2. The SMILES string of the molecule is COC1CC(C(=O)O)N(C(=O)NCCc2ncon2)C1. The van der Waals surface area contributed by atoms with E-state index in [2.05, 4.69) is 20.0 Å². The largest absolute Gasteiger partial charge is 0.480 e. The number of carboxylic acids is 1. The van der Waals surface area contributed by atoms with Gasteiger partial charge in [-0.3, -0.25) is 0 Å². The van der Waals surface area contributed by atoms with Crippen molar-refractivity contribution in [3.05, 3.63) is 12.2 Å². The van der Waals surface area contributed by atoms with Crippen LogP contribution in [-0.2, 0) is 16.0 Å². The molecule has 2 N–H and O–H groups in total. The van der Waals surface area contributed by atoms with Crippen LogP contribution >= 0.6 is 0 Å². The van der Waals surface area contributed by atoms with Crippen molar-refractivity contribution in [1.29, 1.82) is 0 Å². The normalized spacial score (nSPS) is 21.9. The summed E-state index contributed by atoms with van der Waals surface area (Å²) in [7, 11) is 1.50. The average molecular weight is 284 g/mol. The number of hydrogen-bond donors (Lipinski definition) is 2. The van der Waals surface area contributed by atoms with Crippen molar-refractivity contribution < 1.29 is 24.0 Å². The van der Waals surface area contributed by atoms with Crippen LogP contribution in [0.2, 0.25) is 0 Å². The molecule has 1 fully saturated rings. The molecule has 0 radical (unpaired) electrons. The predicted octanol–water partition coefficient (Wildman–Crippen LogP) is -0.504. The fourth-order valence-electron chi connectivity index (χ4n) is 2.11. The van der Waals surface area contributed by atoms with E-state index in [1.165, 1.54) is 18.4 Å². The van der Waals surface area contributed by atoms with Gasteiger partial charge in [0.1, 0.15) is 6.04 Å². The minimum absolute atomic E-state index is 0.251. The highest BCUT2D eigenvalue weighted by Crippen LogP contribution is 2.20. The van der Waals surface area contributed by atoms with E-state index in [1.54, 1.807) is 0 Å². The highest BCUT2D eigenvalue weighted by molar-refractivity contribution is 5.83. The Balaban J connectivity index is 1.85. The van der Waals surface area contributed by atoms with Crippen LogP contribution in [0.3, 0.4) is 0 Å². The van der Waals surface area contributed by atoms with Crippen molar-refractivity contribution in [1.82, 2.24) is 20.4 Å². The summed E-state index contributed by atoms with van der Waals surface area (Å²) in [6.07, 6.45) is 1.67. The van der Waals surface area contributed by atoms with Gasteiger partial charge >= 0.3 is 12.0 Å². The zero-order valence-corrected chi connectivity index (χ0v) is 11.0. The van der Waals surface area contributed by atoms with E-state index < -0.39 is 18.0 Å². The first kappa shape index (κ1) is 14.3. The number of amides is 2. The molecule has 2 amide bonds. The maximum atomic E-state index is 12.0. The number of rotatable bonds is 5. The Bertz CT molecular complexity index is 463. The molecule has 0 aromatic carbocycles. The Morgan fingerprint density at radius 2 is 2.45 bits per heavy atom. The topological polar surface area (TPSA) is 118 Å². The molecule has 110 valence electrons. The molecule has 0 aliphatic carbocycles. The molecule has 20 heavy (non-hydrogen) atoms. The molecule has 2 unspecified atom stereocenters. The fraction of sp³-hybridized carbons (Fsp3) is 0.636. The molecule has 9 heteroatoms. The van der Waals surface area contributed by atoms with Crippen molar-refractivity contribution in [2.75, 3.05) is 20.2 Å². The quantitative estimate of drug-likeness (QED) is 0.748. The summed E-state index contributed by atoms with van der Waals surface area (Å²) < 4.78 is 9.69. The lowest BCUT2D eigenvalue weighted by atomic mass is 10.2. The van der Waals surface area contributed by atoms with Crippen molar-refractivity contribution in [2.45, 2.75) is 25.0 Å². The minimum Gasteiger partial charge on any atom is -0.480 e. The maximum Gasteiger partial charge on any atom is 0.326 e. The second kappa shape index (κ2) is 6.33. The van der Waals surface area contributed by atoms with Gasteiger partial charge < -0.3 is 24.6 Å². The number of ether oxygens (including phenoxy) is 1. The second-order valence-electron chi connectivity index (χ2n) is 4.43. The standard InChI is InChI=1S/C11H16N4O5/c1-19-7-4-8(10(16)17)15(5-7)11(18)12-3-2-9-13-6-20-14-9/h6-8H,2-5H2,1H3,(H,12,18)(H,16,17). The van der Waals surface area contributed by atoms with Crippen molar-refractivity contribution >= 4 is 12.0 Å². The van der Waals surface area contributed by atoms with Gasteiger partial charge in [-0.2, -0.15) is 4.98 Å². The average Bonchev–Trinajstić information content (AvgIpc) is 3.07. The van der Waals surface area contributed by atoms with Gasteiger partial charge in [-0.25, -0.2) is 9.59 Å². The van der Waals surface area contributed by atoms with Crippen LogP contribution in [0.1, 0.15) is 12.2 Å². The Labute approximate surface area is 114 Å². The predicted molar refractivity (Wildman–Crippen MR) is 64.9 cm³/mol. The summed E-state index contributed by atoms with van der Waals surface area (Å²) in [5, 5.41) is 15.4. The summed E-state index contributed by atoms with van der Waals surface area (Å²) in [6, 6.07) is -1.29. The zero-order chi connectivity index (χ0) is 14.5. The van der Waals surface area contributed by atoms with E-state index in [0.29, 0.717) is 25.2 Å². The molecule has 2 heterocycles. The van der Waals surface area contributed by atoms with Gasteiger partial charge in [-0.05, 0) is 0 Å². The number of hydrogen-bond acceptors (Lipinski definition) is 6. The van der Waals surface area contributed by atoms with Crippen LogP contribution in [0.5, 0.6) is 0 Å². The van der Waals surface area contributed by atoms with E-state index in [9.17, 15) is 9.59 Å². The molecule has 1 aliphatic rings. The van der Waals surface area contributed by atoms with E-state index in [0.717, 1.165) is 0 Å². The fourth-order valence-corrected chi connectivity index (χ4v) is 2.11. The van der Waals surface area contributed by atoms with Gasteiger partial charge in [0.15, 0.2) is 5.82 Å². The molecule has 0 bridgehead atoms. The molecule has 0 saturated carbocycles. The molecule has 1 aromatic heterocycles. The number of urea groups is 1. The number of nitrogens with zero attached hydrogens (tertiary/aromatic N) is 3. The first-order valence-electron chi connectivity index (χ1n) is 6.17. The monoisotopic (exact) mass is 284 g/mol. The van der Waals surface area contributed by atoms with Gasteiger partial charge in [0, 0.05) is 33.0 Å². The van der Waals surface area contributed by atoms with Crippen LogP contribution in [0.4, 0.5) is 4.79 Å². The maximum absolute atomic E-state index is 12.0. The first-order chi connectivity index (χ1) is 9.61. The zero-order valence-electron chi connectivity index (χ0n) is 11.0. The Morgan fingerprint density at radius 1 is 1.65 bits per heavy atom. The van der Waals surface area contributed by atoms with Crippen molar-refractivity contribution in [2.24, 2.45) is 0 Å². The number of nitrogens with one attached hydrogen (secondary N) is 1. The Morgan fingerprint density at radius 3 is 3.05 bits per heavy atom. The lowest BCUT2D eigenvalue weighted by molar-refractivity contribution is -0.141. The summed E-state index contributed by atoms with van der Waals surface area (Å²) in [5.74, 6) is -0.547. The summed E-state index contributed by atoms with van der Waals surface area (Å²) in [6.45, 7) is 0.570. The van der Waals surface area contributed by atoms with Crippen molar-refractivity contribution in [3.8, 4) is 0 Å². The lowest BCUT2D eigenvalue weighted by Gasteiger charge is -2.21. The number of carbonyl (C=O) groups excluding carboxylic acids is 1. The molecule has 2 atom stereocenters. The molecule has 1 aromatic rings. The smallest absolute Gasteiger partial charge is 0.326 e. The highest BCUT2D eigenvalue weighted by atomic mass is 16.5. The third kappa shape index (κ3) is 3.23. The van der Waals surface area contributed by atoms with Crippen LogP contribution in [0.25, 0.3) is 0 Å². The third-order valence-electron chi connectivity index (χ3n) is 3.17. The van der Waals surface area contributed by atoms with Gasteiger partial charge in [-0.1, -0.05) is 5.16 Å². The number of carboxylic acid groups (broad SMARTS) is 1. The summed E-state index contributed by atoms with van der Waals surface area (Å²) in [5.41, 5.74) is 0. The Hall–Kier alpha value is -2.16. The number of aliphatic carboxylic acids is 1. The van der Waals surface area contributed by atoms with Gasteiger partial charge in [0.25, 0.3) is 0 Å². The van der Waals surface area contributed by atoms with Crippen LogP contribution in [-0.4, -0.2) is 64.5 Å². The summed E-state index contributed by atoms with van der Waals surface area (Å²) in [4.78, 5) is 28.2. The first-order valence-corrected chi connectivity index (χ1v) is 6.17. The second-order valence-corrected chi connectivity index (χ2v) is 4.43. The molecular formula is C11H16N4O5. The molecule has 1 aliphatic heterocycles. The highest BCUT2D eigenvalue weighted by Gasteiger charge is 2.39. The van der Waals surface area contributed by atoms with E-state index in [-0.39, 0.29) is 12.6 Å². The molecule has 9 nitrogen and oxygen atoms in total. The molecular weight excluding hydrogens is 268 g/mol. The van der Waals surface area contributed by atoms with E-state index in [4.69, 9.17) is 9.84 Å². The van der Waals surface area contributed by atoms with Crippen LogP contribution in [0.15, 0.2) is 10.9 Å². The van der Waals surface area contributed by atoms with E-state index in [1.807, 2.05) is 0 Å². The molecule has 0 spiro atoms. The van der Waals surface area contributed by atoms with Crippen molar-refractivity contribution in [3.63, 3.8) is 0 Å². The molecule has 2 rings (SSSR count).